The normalized spacial score (nSPS) is 11.4. The SMILES string of the molecule is Cc1ccccc1C(=NO)c1ccc(Nc2ccccc2Br)cc1Cl. The molecule has 2 N–H and O–H groups in total. The molecule has 3 rings (SSSR count). The standard InChI is InChI=1S/C20H16BrClN2O/c1-13-6-2-3-7-15(13)20(24-25)16-11-10-14(12-18(16)22)23-19-9-5-4-8-17(19)21/h2-12,23,25H,1H3. The summed E-state index contributed by atoms with van der Waals surface area (Å²) in [4.78, 5) is 0. The maximum absolute atomic E-state index is 9.53. The highest BCUT2D eigenvalue weighted by molar-refractivity contribution is 9.10. The average molecular weight is 416 g/mol. The molecule has 0 saturated carbocycles. The summed E-state index contributed by atoms with van der Waals surface area (Å²) in [5.74, 6) is 0. The van der Waals surface area contributed by atoms with Gasteiger partial charge in [-0.1, -0.05) is 53.2 Å². The lowest BCUT2D eigenvalue weighted by atomic mass is 9.98. The number of rotatable bonds is 4. The number of nitrogens with zero attached hydrogens (tertiary/aromatic N) is 1. The van der Waals surface area contributed by atoms with Crippen LogP contribution < -0.4 is 5.32 Å². The molecule has 3 aromatic carbocycles. The van der Waals surface area contributed by atoms with Crippen molar-refractivity contribution in [2.75, 3.05) is 5.32 Å². The Bertz CT molecular complexity index is 940. The van der Waals surface area contributed by atoms with Crippen LogP contribution in [0.5, 0.6) is 0 Å². The minimum Gasteiger partial charge on any atom is -0.410 e. The molecule has 0 bridgehead atoms. The summed E-state index contributed by atoms with van der Waals surface area (Å²) >= 11 is 9.98. The topological polar surface area (TPSA) is 44.6 Å². The van der Waals surface area contributed by atoms with E-state index in [-0.39, 0.29) is 0 Å². The zero-order chi connectivity index (χ0) is 17.8. The first kappa shape index (κ1) is 17.5. The van der Waals surface area contributed by atoms with E-state index in [0.29, 0.717) is 16.3 Å². The van der Waals surface area contributed by atoms with Gasteiger partial charge in [0.2, 0.25) is 0 Å². The number of para-hydroxylation sites is 1. The molecular formula is C20H16BrClN2O. The van der Waals surface area contributed by atoms with Gasteiger partial charge in [0, 0.05) is 21.3 Å². The number of anilines is 2. The van der Waals surface area contributed by atoms with Gasteiger partial charge in [0.05, 0.1) is 10.7 Å². The summed E-state index contributed by atoms with van der Waals surface area (Å²) in [5.41, 5.74) is 4.79. The first-order valence-electron chi connectivity index (χ1n) is 7.69. The second kappa shape index (κ2) is 7.72. The van der Waals surface area contributed by atoms with E-state index < -0.39 is 0 Å². The van der Waals surface area contributed by atoms with Crippen molar-refractivity contribution < 1.29 is 5.21 Å². The van der Waals surface area contributed by atoms with E-state index in [1.807, 2.05) is 73.7 Å². The second-order valence-electron chi connectivity index (χ2n) is 5.56. The quantitative estimate of drug-likeness (QED) is 0.295. The molecule has 0 radical (unpaired) electrons. The molecule has 0 unspecified atom stereocenters. The smallest absolute Gasteiger partial charge is 0.118 e. The molecule has 0 aliphatic rings. The minimum atomic E-state index is 0.454. The van der Waals surface area contributed by atoms with Crippen molar-refractivity contribution in [1.82, 2.24) is 0 Å². The number of halogens is 2. The van der Waals surface area contributed by atoms with Crippen molar-refractivity contribution in [3.8, 4) is 0 Å². The molecule has 0 amide bonds. The summed E-state index contributed by atoms with van der Waals surface area (Å²) in [5, 5.41) is 16.8. The van der Waals surface area contributed by atoms with Crippen LogP contribution in [0.25, 0.3) is 0 Å². The third-order valence-electron chi connectivity index (χ3n) is 3.88. The third-order valence-corrected chi connectivity index (χ3v) is 4.88. The Morgan fingerprint density at radius 2 is 1.72 bits per heavy atom. The number of nitrogens with one attached hydrogen (secondary N) is 1. The Kier molecular flexibility index (Phi) is 5.41. The summed E-state index contributed by atoms with van der Waals surface area (Å²) in [6, 6.07) is 21.2. The largest absolute Gasteiger partial charge is 0.410 e. The van der Waals surface area contributed by atoms with E-state index >= 15 is 0 Å². The van der Waals surface area contributed by atoms with Crippen molar-refractivity contribution in [3.05, 3.63) is 92.9 Å². The number of oxime groups is 1. The molecule has 0 aliphatic carbocycles. The third kappa shape index (κ3) is 3.86. The summed E-state index contributed by atoms with van der Waals surface area (Å²) in [6.45, 7) is 1.97. The predicted molar refractivity (Wildman–Crippen MR) is 107 cm³/mol. The van der Waals surface area contributed by atoms with E-state index in [4.69, 9.17) is 11.6 Å². The molecule has 0 spiro atoms. The summed E-state index contributed by atoms with van der Waals surface area (Å²) in [7, 11) is 0. The van der Waals surface area contributed by atoms with Gasteiger partial charge in [-0.2, -0.15) is 0 Å². The molecule has 3 nitrogen and oxygen atoms in total. The van der Waals surface area contributed by atoms with Gasteiger partial charge in [0.1, 0.15) is 5.71 Å². The van der Waals surface area contributed by atoms with Gasteiger partial charge in [0.15, 0.2) is 0 Å². The van der Waals surface area contributed by atoms with Gasteiger partial charge in [-0.3, -0.25) is 0 Å². The fraction of sp³-hybridized carbons (Fsp3) is 0.0500. The Labute approximate surface area is 160 Å². The Balaban J connectivity index is 1.94. The van der Waals surface area contributed by atoms with Gasteiger partial charge in [-0.15, -0.1) is 0 Å². The van der Waals surface area contributed by atoms with Gasteiger partial charge in [-0.05, 0) is 58.7 Å². The molecule has 0 saturated heterocycles. The zero-order valence-corrected chi connectivity index (χ0v) is 15.8. The lowest BCUT2D eigenvalue weighted by Gasteiger charge is -2.13. The molecule has 3 aromatic rings. The van der Waals surface area contributed by atoms with Crippen molar-refractivity contribution in [2.24, 2.45) is 5.16 Å². The van der Waals surface area contributed by atoms with Crippen LogP contribution in [-0.4, -0.2) is 10.9 Å². The van der Waals surface area contributed by atoms with E-state index in [1.165, 1.54) is 0 Å². The van der Waals surface area contributed by atoms with E-state index in [9.17, 15) is 5.21 Å². The van der Waals surface area contributed by atoms with Gasteiger partial charge >= 0.3 is 0 Å². The fourth-order valence-electron chi connectivity index (χ4n) is 2.59. The van der Waals surface area contributed by atoms with Crippen molar-refractivity contribution >= 4 is 44.6 Å². The van der Waals surface area contributed by atoms with Gasteiger partial charge < -0.3 is 10.5 Å². The minimum absolute atomic E-state index is 0.454. The van der Waals surface area contributed by atoms with Crippen LogP contribution >= 0.6 is 27.5 Å². The van der Waals surface area contributed by atoms with Crippen LogP contribution in [0.15, 0.2) is 76.4 Å². The molecule has 5 heteroatoms. The number of hydrogen-bond donors (Lipinski definition) is 2. The average Bonchev–Trinajstić information content (AvgIpc) is 2.61. The van der Waals surface area contributed by atoms with Gasteiger partial charge in [-0.25, -0.2) is 0 Å². The molecule has 25 heavy (non-hydrogen) atoms. The first-order chi connectivity index (χ1) is 12.1. The maximum atomic E-state index is 9.53. The molecular weight excluding hydrogens is 400 g/mol. The van der Waals surface area contributed by atoms with Crippen LogP contribution in [0.3, 0.4) is 0 Å². The molecule has 0 heterocycles. The second-order valence-corrected chi connectivity index (χ2v) is 6.82. The first-order valence-corrected chi connectivity index (χ1v) is 8.87. The zero-order valence-electron chi connectivity index (χ0n) is 13.5. The highest BCUT2D eigenvalue weighted by Crippen LogP contribution is 2.29. The highest BCUT2D eigenvalue weighted by atomic mass is 79.9. The Hall–Kier alpha value is -2.30. The highest BCUT2D eigenvalue weighted by Gasteiger charge is 2.14. The van der Waals surface area contributed by atoms with Gasteiger partial charge in [0.25, 0.3) is 0 Å². The van der Waals surface area contributed by atoms with Crippen molar-refractivity contribution in [2.45, 2.75) is 6.92 Å². The van der Waals surface area contributed by atoms with Crippen LogP contribution in [0.1, 0.15) is 16.7 Å². The fourth-order valence-corrected chi connectivity index (χ4v) is 3.25. The molecule has 0 atom stereocenters. The number of hydrogen-bond acceptors (Lipinski definition) is 3. The van der Waals surface area contributed by atoms with Crippen LogP contribution in [0.4, 0.5) is 11.4 Å². The van der Waals surface area contributed by atoms with Crippen LogP contribution in [0, 0.1) is 6.92 Å². The van der Waals surface area contributed by atoms with E-state index in [0.717, 1.165) is 27.0 Å². The molecule has 0 fully saturated rings. The summed E-state index contributed by atoms with van der Waals surface area (Å²) < 4.78 is 0.965. The maximum Gasteiger partial charge on any atom is 0.118 e. The lowest BCUT2D eigenvalue weighted by molar-refractivity contribution is 0.319. The molecule has 126 valence electrons. The van der Waals surface area contributed by atoms with Crippen molar-refractivity contribution in [3.63, 3.8) is 0 Å². The molecule has 0 aliphatic heterocycles. The van der Waals surface area contributed by atoms with Crippen LogP contribution in [-0.2, 0) is 0 Å². The predicted octanol–water partition coefficient (Wildman–Crippen LogP) is 6.38. The summed E-state index contributed by atoms with van der Waals surface area (Å²) in [6.07, 6.45) is 0. The number of benzene rings is 3. The molecule has 0 aromatic heterocycles. The Morgan fingerprint density at radius 3 is 2.40 bits per heavy atom. The van der Waals surface area contributed by atoms with E-state index in [2.05, 4.69) is 26.4 Å². The van der Waals surface area contributed by atoms with E-state index in [1.54, 1.807) is 0 Å². The number of aryl methyl sites for hydroxylation is 1. The monoisotopic (exact) mass is 414 g/mol. The van der Waals surface area contributed by atoms with Crippen molar-refractivity contribution in [1.29, 1.82) is 0 Å². The Morgan fingerprint density at radius 1 is 1.00 bits per heavy atom. The lowest BCUT2D eigenvalue weighted by Crippen LogP contribution is -2.06. The van der Waals surface area contributed by atoms with Crippen LogP contribution in [0.2, 0.25) is 5.02 Å².